The summed E-state index contributed by atoms with van der Waals surface area (Å²) in [4.78, 5) is 14.4. The van der Waals surface area contributed by atoms with E-state index in [2.05, 4.69) is 0 Å². The van der Waals surface area contributed by atoms with Gasteiger partial charge in [-0.25, -0.2) is 0 Å². The van der Waals surface area contributed by atoms with Crippen LogP contribution in [0.3, 0.4) is 0 Å². The minimum atomic E-state index is 0.132. The number of phenols is 1. The summed E-state index contributed by atoms with van der Waals surface area (Å²) < 4.78 is 5.31. The summed E-state index contributed by atoms with van der Waals surface area (Å²) in [6.07, 6.45) is 2.52. The Morgan fingerprint density at radius 2 is 2.05 bits per heavy atom. The van der Waals surface area contributed by atoms with Crippen LogP contribution in [0.15, 0.2) is 18.2 Å². The van der Waals surface area contributed by atoms with Gasteiger partial charge in [-0.1, -0.05) is 6.07 Å². The van der Waals surface area contributed by atoms with E-state index < -0.39 is 0 Å². The third kappa shape index (κ3) is 2.59. The van der Waals surface area contributed by atoms with Crippen molar-refractivity contribution in [3.63, 3.8) is 0 Å². The van der Waals surface area contributed by atoms with Gasteiger partial charge < -0.3 is 14.7 Å². The Kier molecular flexibility index (Phi) is 3.42. The molecule has 0 spiro atoms. The van der Waals surface area contributed by atoms with Crippen molar-refractivity contribution in [2.45, 2.75) is 25.8 Å². The quantitative estimate of drug-likeness (QED) is 0.837. The second-order valence-electron chi connectivity index (χ2n) is 5.35. The fourth-order valence-electron chi connectivity index (χ4n) is 2.93. The number of fused-ring (bicyclic) bond motifs is 1. The van der Waals surface area contributed by atoms with Gasteiger partial charge in [0.15, 0.2) is 0 Å². The van der Waals surface area contributed by atoms with Crippen LogP contribution in [0.25, 0.3) is 0 Å². The fraction of sp³-hybridized carbons (Fsp3) is 0.533. The molecule has 2 aliphatic rings. The number of amides is 1. The molecule has 0 aliphatic carbocycles. The molecule has 1 fully saturated rings. The van der Waals surface area contributed by atoms with Gasteiger partial charge in [0.05, 0.1) is 0 Å². The summed E-state index contributed by atoms with van der Waals surface area (Å²) in [6, 6.07) is 5.43. The first-order chi connectivity index (χ1) is 9.24. The Bertz CT molecular complexity index is 480. The van der Waals surface area contributed by atoms with Gasteiger partial charge in [0, 0.05) is 32.2 Å². The molecule has 2 heterocycles. The maximum Gasteiger partial charge on any atom is 0.226 e. The van der Waals surface area contributed by atoms with Gasteiger partial charge in [-0.05, 0) is 42.5 Å². The molecule has 1 saturated heterocycles. The number of hydrogen-bond donors (Lipinski definition) is 1. The second kappa shape index (κ2) is 5.21. The Morgan fingerprint density at radius 3 is 2.84 bits per heavy atom. The molecule has 0 bridgehead atoms. The summed E-state index contributed by atoms with van der Waals surface area (Å²) >= 11 is 0. The molecule has 0 unspecified atom stereocenters. The van der Waals surface area contributed by atoms with Crippen LogP contribution in [-0.2, 0) is 22.5 Å². The zero-order chi connectivity index (χ0) is 13.2. The number of benzene rings is 1. The number of phenolic OH excluding ortho intramolecular Hbond substituents is 1. The molecule has 2 aliphatic heterocycles. The number of ether oxygens (including phenoxy) is 1. The lowest BCUT2D eigenvalue weighted by Gasteiger charge is -2.33. The minimum Gasteiger partial charge on any atom is -0.508 e. The molecule has 0 atom stereocenters. The predicted octanol–water partition coefficient (Wildman–Crippen LogP) is 1.70. The SMILES string of the molecule is O=C(C1CCOCC1)N1CCc2cc(O)ccc2C1. The fourth-order valence-corrected chi connectivity index (χ4v) is 2.93. The van der Waals surface area contributed by atoms with E-state index in [0.717, 1.165) is 36.9 Å². The number of nitrogens with zero attached hydrogens (tertiary/aromatic N) is 1. The zero-order valence-electron chi connectivity index (χ0n) is 11.0. The van der Waals surface area contributed by atoms with Gasteiger partial charge in [-0.3, -0.25) is 4.79 Å². The molecule has 19 heavy (non-hydrogen) atoms. The molecule has 0 radical (unpaired) electrons. The number of hydrogen-bond acceptors (Lipinski definition) is 3. The first-order valence-electron chi connectivity index (χ1n) is 6.91. The molecule has 1 aromatic rings. The lowest BCUT2D eigenvalue weighted by atomic mass is 9.95. The van der Waals surface area contributed by atoms with Gasteiger partial charge in [0.1, 0.15) is 5.75 Å². The third-order valence-corrected chi connectivity index (χ3v) is 4.08. The van der Waals surface area contributed by atoms with Gasteiger partial charge in [0.25, 0.3) is 0 Å². The molecule has 102 valence electrons. The van der Waals surface area contributed by atoms with Crippen LogP contribution in [0.2, 0.25) is 0 Å². The molecule has 3 rings (SSSR count). The maximum absolute atomic E-state index is 12.5. The molecular formula is C15H19NO3. The highest BCUT2D eigenvalue weighted by Crippen LogP contribution is 2.26. The average Bonchev–Trinajstić information content (AvgIpc) is 2.47. The Morgan fingerprint density at radius 1 is 1.26 bits per heavy atom. The summed E-state index contributed by atoms with van der Waals surface area (Å²) in [5.74, 6) is 0.706. The highest BCUT2D eigenvalue weighted by atomic mass is 16.5. The Balaban J connectivity index is 1.71. The minimum absolute atomic E-state index is 0.132. The van der Waals surface area contributed by atoms with Crippen LogP contribution in [0, 0.1) is 5.92 Å². The number of carbonyl (C=O) groups excluding carboxylic acids is 1. The third-order valence-electron chi connectivity index (χ3n) is 4.08. The smallest absolute Gasteiger partial charge is 0.226 e. The van der Waals surface area contributed by atoms with E-state index in [9.17, 15) is 9.90 Å². The molecule has 4 nitrogen and oxygen atoms in total. The van der Waals surface area contributed by atoms with Gasteiger partial charge in [-0.2, -0.15) is 0 Å². The second-order valence-corrected chi connectivity index (χ2v) is 5.35. The van der Waals surface area contributed by atoms with Crippen molar-refractivity contribution < 1.29 is 14.6 Å². The largest absolute Gasteiger partial charge is 0.508 e. The van der Waals surface area contributed by atoms with E-state index in [-0.39, 0.29) is 11.8 Å². The van der Waals surface area contributed by atoms with E-state index in [1.807, 2.05) is 17.0 Å². The van der Waals surface area contributed by atoms with Crippen LogP contribution in [0.4, 0.5) is 0 Å². The van der Waals surface area contributed by atoms with Crippen molar-refractivity contribution in [3.8, 4) is 5.75 Å². The van der Waals surface area contributed by atoms with Crippen molar-refractivity contribution in [1.29, 1.82) is 0 Å². The zero-order valence-corrected chi connectivity index (χ0v) is 11.0. The van der Waals surface area contributed by atoms with E-state index in [1.54, 1.807) is 6.07 Å². The van der Waals surface area contributed by atoms with E-state index in [1.165, 1.54) is 0 Å². The first kappa shape index (κ1) is 12.5. The standard InChI is InChI=1S/C15H19NO3/c17-14-2-1-13-10-16(6-3-12(13)9-14)15(18)11-4-7-19-8-5-11/h1-2,9,11,17H,3-8,10H2. The first-order valence-corrected chi connectivity index (χ1v) is 6.91. The number of carbonyl (C=O) groups is 1. The lowest BCUT2D eigenvalue weighted by Crippen LogP contribution is -2.41. The summed E-state index contributed by atoms with van der Waals surface area (Å²) in [5, 5.41) is 9.47. The van der Waals surface area contributed by atoms with Crippen LogP contribution in [-0.4, -0.2) is 35.7 Å². The Hall–Kier alpha value is -1.55. The molecule has 4 heteroatoms. The van der Waals surface area contributed by atoms with Crippen molar-refractivity contribution in [2.75, 3.05) is 19.8 Å². The molecule has 1 amide bonds. The number of aromatic hydroxyl groups is 1. The molecular weight excluding hydrogens is 242 g/mol. The van der Waals surface area contributed by atoms with E-state index in [0.29, 0.717) is 25.5 Å². The highest BCUT2D eigenvalue weighted by Gasteiger charge is 2.28. The van der Waals surface area contributed by atoms with Crippen LogP contribution in [0.1, 0.15) is 24.0 Å². The van der Waals surface area contributed by atoms with Gasteiger partial charge in [-0.15, -0.1) is 0 Å². The predicted molar refractivity (Wildman–Crippen MR) is 70.8 cm³/mol. The maximum atomic E-state index is 12.5. The van der Waals surface area contributed by atoms with Crippen molar-refractivity contribution >= 4 is 5.91 Å². The van der Waals surface area contributed by atoms with E-state index in [4.69, 9.17) is 4.74 Å². The Labute approximate surface area is 113 Å². The summed E-state index contributed by atoms with van der Waals surface area (Å²) in [6.45, 7) is 2.84. The topological polar surface area (TPSA) is 49.8 Å². The molecule has 0 saturated carbocycles. The van der Waals surface area contributed by atoms with E-state index >= 15 is 0 Å². The normalized spacial score (nSPS) is 20.1. The monoisotopic (exact) mass is 261 g/mol. The van der Waals surface area contributed by atoms with Crippen LogP contribution in [0.5, 0.6) is 5.75 Å². The van der Waals surface area contributed by atoms with Gasteiger partial charge >= 0.3 is 0 Å². The van der Waals surface area contributed by atoms with Crippen molar-refractivity contribution in [3.05, 3.63) is 29.3 Å². The summed E-state index contributed by atoms with van der Waals surface area (Å²) in [5.41, 5.74) is 2.32. The van der Waals surface area contributed by atoms with Gasteiger partial charge in [0.2, 0.25) is 5.91 Å². The van der Waals surface area contributed by atoms with Crippen LogP contribution < -0.4 is 0 Å². The van der Waals surface area contributed by atoms with Crippen LogP contribution >= 0.6 is 0 Å². The lowest BCUT2D eigenvalue weighted by molar-refractivity contribution is -0.139. The van der Waals surface area contributed by atoms with Crippen molar-refractivity contribution in [1.82, 2.24) is 4.90 Å². The highest BCUT2D eigenvalue weighted by molar-refractivity contribution is 5.79. The summed E-state index contributed by atoms with van der Waals surface area (Å²) in [7, 11) is 0. The molecule has 1 N–H and O–H groups in total. The average molecular weight is 261 g/mol. The molecule has 0 aromatic heterocycles. The molecule has 1 aromatic carbocycles. The van der Waals surface area contributed by atoms with Crippen molar-refractivity contribution in [2.24, 2.45) is 5.92 Å². The number of rotatable bonds is 1.